The molecule has 0 N–H and O–H groups in total. The molecular weight excluding hydrogens is 346 g/mol. The van der Waals surface area contributed by atoms with E-state index >= 15 is 0 Å². The topological polar surface area (TPSA) is 30.3 Å². The Morgan fingerprint density at radius 2 is 1.88 bits per heavy atom. The predicted molar refractivity (Wildman–Crippen MR) is 110 cm³/mol. The molecule has 26 heavy (non-hydrogen) atoms. The van der Waals surface area contributed by atoms with Crippen LogP contribution in [0.3, 0.4) is 0 Å². The van der Waals surface area contributed by atoms with Gasteiger partial charge in [-0.15, -0.1) is 12.4 Å². The maximum atomic E-state index is 5.34. The van der Waals surface area contributed by atoms with Gasteiger partial charge in [0, 0.05) is 44.0 Å². The number of aryl methyl sites for hydroxylation is 1. The van der Waals surface area contributed by atoms with Crippen molar-refractivity contribution < 1.29 is 4.74 Å². The summed E-state index contributed by atoms with van der Waals surface area (Å²) in [4.78, 5) is 7.21. The summed E-state index contributed by atoms with van der Waals surface area (Å²) in [5, 5.41) is 1.30. The third kappa shape index (κ3) is 3.08. The molecule has 0 atom stereocenters. The molecule has 5 heteroatoms. The SMILES string of the molecule is COCCn1c(C)c(C)c2ccnc(N3CCc4ccccc4C3)c21.Cl. The Hall–Kier alpha value is -2.04. The fourth-order valence-electron chi connectivity index (χ4n) is 3.95. The van der Waals surface area contributed by atoms with Crippen molar-refractivity contribution in [2.75, 3.05) is 25.2 Å². The van der Waals surface area contributed by atoms with Crippen LogP contribution in [0.5, 0.6) is 0 Å². The molecule has 0 saturated heterocycles. The van der Waals surface area contributed by atoms with Crippen molar-refractivity contribution in [1.82, 2.24) is 9.55 Å². The van der Waals surface area contributed by atoms with Crippen molar-refractivity contribution in [3.63, 3.8) is 0 Å². The van der Waals surface area contributed by atoms with Crippen LogP contribution in [0, 0.1) is 13.8 Å². The molecule has 0 fully saturated rings. The summed E-state index contributed by atoms with van der Waals surface area (Å²) in [7, 11) is 1.76. The Morgan fingerprint density at radius 1 is 1.12 bits per heavy atom. The van der Waals surface area contributed by atoms with Gasteiger partial charge in [-0.3, -0.25) is 0 Å². The molecule has 4 rings (SSSR count). The minimum absolute atomic E-state index is 0. The van der Waals surface area contributed by atoms with Gasteiger partial charge in [-0.05, 0) is 43.0 Å². The molecule has 0 saturated carbocycles. The standard InChI is InChI=1S/C21H25N3O.ClH/c1-15-16(2)24(12-13-25-3)20-19(15)8-10-22-21(20)23-11-9-17-6-4-5-7-18(17)14-23;/h4-8,10H,9,11-14H2,1-3H3;1H. The highest BCUT2D eigenvalue weighted by Crippen LogP contribution is 2.33. The average molecular weight is 372 g/mol. The lowest BCUT2D eigenvalue weighted by atomic mass is 10.00. The first-order valence-corrected chi connectivity index (χ1v) is 8.95. The Morgan fingerprint density at radius 3 is 2.65 bits per heavy atom. The summed E-state index contributed by atoms with van der Waals surface area (Å²) in [6.45, 7) is 7.90. The number of methoxy groups -OCH3 is 1. The van der Waals surface area contributed by atoms with Crippen LogP contribution in [0.1, 0.15) is 22.4 Å². The van der Waals surface area contributed by atoms with E-state index in [0.717, 1.165) is 31.9 Å². The second-order valence-electron chi connectivity index (χ2n) is 6.83. The van der Waals surface area contributed by atoms with Crippen molar-refractivity contribution >= 4 is 29.1 Å². The Labute approximate surface area is 161 Å². The van der Waals surface area contributed by atoms with E-state index in [1.165, 1.54) is 33.3 Å². The Bertz CT molecular complexity index is 919. The minimum Gasteiger partial charge on any atom is -0.383 e. The van der Waals surface area contributed by atoms with Gasteiger partial charge in [-0.25, -0.2) is 4.98 Å². The molecule has 0 radical (unpaired) electrons. The molecule has 3 heterocycles. The number of halogens is 1. The summed E-state index contributed by atoms with van der Waals surface area (Å²) in [5.41, 5.74) is 6.77. The van der Waals surface area contributed by atoms with Gasteiger partial charge >= 0.3 is 0 Å². The van der Waals surface area contributed by atoms with E-state index in [9.17, 15) is 0 Å². The molecule has 0 amide bonds. The first kappa shape index (κ1) is 18.7. The van der Waals surface area contributed by atoms with E-state index in [-0.39, 0.29) is 12.4 Å². The van der Waals surface area contributed by atoms with Crippen molar-refractivity contribution in [1.29, 1.82) is 0 Å². The van der Waals surface area contributed by atoms with E-state index in [0.29, 0.717) is 6.61 Å². The summed E-state index contributed by atoms with van der Waals surface area (Å²) in [6.07, 6.45) is 3.02. The van der Waals surface area contributed by atoms with E-state index in [1.54, 1.807) is 7.11 Å². The number of benzene rings is 1. The van der Waals surface area contributed by atoms with Crippen molar-refractivity contribution in [2.24, 2.45) is 0 Å². The number of hydrogen-bond acceptors (Lipinski definition) is 3. The van der Waals surface area contributed by atoms with Gasteiger partial charge in [-0.1, -0.05) is 24.3 Å². The van der Waals surface area contributed by atoms with E-state index in [4.69, 9.17) is 9.72 Å². The Kier molecular flexibility index (Phi) is 5.54. The zero-order chi connectivity index (χ0) is 17.4. The van der Waals surface area contributed by atoms with Crippen LogP contribution in [0.15, 0.2) is 36.5 Å². The zero-order valence-electron chi connectivity index (χ0n) is 15.7. The first-order chi connectivity index (χ1) is 12.2. The lowest BCUT2D eigenvalue weighted by Crippen LogP contribution is -2.31. The number of fused-ring (bicyclic) bond motifs is 2. The van der Waals surface area contributed by atoms with E-state index in [1.807, 2.05) is 6.20 Å². The number of pyridine rings is 1. The molecule has 0 spiro atoms. The van der Waals surface area contributed by atoms with Crippen LogP contribution in [0.25, 0.3) is 10.9 Å². The fourth-order valence-corrected chi connectivity index (χ4v) is 3.95. The predicted octanol–water partition coefficient (Wildman–Crippen LogP) is 4.28. The summed E-state index contributed by atoms with van der Waals surface area (Å²) < 4.78 is 7.71. The van der Waals surface area contributed by atoms with Gasteiger partial charge in [0.1, 0.15) is 0 Å². The molecule has 0 unspecified atom stereocenters. The Balaban J connectivity index is 0.00000196. The zero-order valence-corrected chi connectivity index (χ0v) is 16.5. The van der Waals surface area contributed by atoms with Gasteiger partial charge in [0.2, 0.25) is 0 Å². The number of aromatic nitrogens is 2. The lowest BCUT2D eigenvalue weighted by Gasteiger charge is -2.30. The lowest BCUT2D eigenvalue weighted by molar-refractivity contribution is 0.188. The molecule has 4 nitrogen and oxygen atoms in total. The molecule has 0 aliphatic carbocycles. The third-order valence-corrected chi connectivity index (χ3v) is 5.48. The number of rotatable bonds is 4. The quantitative estimate of drug-likeness (QED) is 0.685. The van der Waals surface area contributed by atoms with Gasteiger partial charge in [0.15, 0.2) is 5.82 Å². The molecule has 3 aromatic rings. The number of ether oxygens (including phenoxy) is 1. The van der Waals surface area contributed by atoms with Gasteiger partial charge in [0.05, 0.1) is 12.1 Å². The smallest absolute Gasteiger partial charge is 0.153 e. The highest BCUT2D eigenvalue weighted by atomic mass is 35.5. The maximum Gasteiger partial charge on any atom is 0.153 e. The summed E-state index contributed by atoms with van der Waals surface area (Å²) >= 11 is 0. The van der Waals surface area contributed by atoms with Crippen LogP contribution in [-0.2, 0) is 24.2 Å². The number of nitrogens with zero attached hydrogens (tertiary/aromatic N) is 3. The van der Waals surface area contributed by atoms with Crippen molar-refractivity contribution in [3.05, 3.63) is 58.9 Å². The van der Waals surface area contributed by atoms with Crippen LogP contribution in [0.2, 0.25) is 0 Å². The van der Waals surface area contributed by atoms with Gasteiger partial charge in [0.25, 0.3) is 0 Å². The average Bonchev–Trinajstić information content (AvgIpc) is 2.90. The first-order valence-electron chi connectivity index (χ1n) is 8.95. The number of hydrogen-bond donors (Lipinski definition) is 0. The van der Waals surface area contributed by atoms with Gasteiger partial charge in [-0.2, -0.15) is 0 Å². The second kappa shape index (κ2) is 7.68. The molecule has 1 aliphatic heterocycles. The van der Waals surface area contributed by atoms with E-state index < -0.39 is 0 Å². The van der Waals surface area contributed by atoms with Crippen LogP contribution in [0.4, 0.5) is 5.82 Å². The molecule has 2 aromatic heterocycles. The van der Waals surface area contributed by atoms with Crippen LogP contribution >= 0.6 is 12.4 Å². The normalized spacial score (nSPS) is 13.6. The summed E-state index contributed by atoms with van der Waals surface area (Å²) in [5.74, 6) is 1.10. The highest BCUT2D eigenvalue weighted by molar-refractivity contribution is 5.93. The molecule has 0 bridgehead atoms. The van der Waals surface area contributed by atoms with Crippen LogP contribution < -0.4 is 4.90 Å². The molecule has 138 valence electrons. The fraction of sp³-hybridized carbons (Fsp3) is 0.381. The summed E-state index contributed by atoms with van der Waals surface area (Å²) in [6, 6.07) is 10.9. The van der Waals surface area contributed by atoms with Crippen molar-refractivity contribution in [2.45, 2.75) is 33.4 Å². The monoisotopic (exact) mass is 371 g/mol. The molecule has 1 aliphatic rings. The van der Waals surface area contributed by atoms with Crippen molar-refractivity contribution in [3.8, 4) is 0 Å². The highest BCUT2D eigenvalue weighted by Gasteiger charge is 2.22. The maximum absolute atomic E-state index is 5.34. The molecule has 1 aromatic carbocycles. The van der Waals surface area contributed by atoms with Gasteiger partial charge < -0.3 is 14.2 Å². The minimum atomic E-state index is 0. The molecular formula is C21H26ClN3O. The van der Waals surface area contributed by atoms with E-state index in [2.05, 4.69) is 53.6 Å². The van der Waals surface area contributed by atoms with Crippen LogP contribution in [-0.4, -0.2) is 29.8 Å². The third-order valence-electron chi connectivity index (χ3n) is 5.48. The second-order valence-corrected chi connectivity index (χ2v) is 6.83. The number of anilines is 1. The largest absolute Gasteiger partial charge is 0.383 e.